The molecule has 1 fully saturated rings. The molecule has 0 bridgehead atoms. The zero-order valence-corrected chi connectivity index (χ0v) is 16.1. The van der Waals surface area contributed by atoms with Crippen LogP contribution in [-0.4, -0.2) is 46.2 Å². The monoisotopic (exact) mass is 407 g/mol. The third-order valence-electron chi connectivity index (χ3n) is 5.31. The van der Waals surface area contributed by atoms with E-state index in [1.165, 1.54) is 24.0 Å². The lowest BCUT2D eigenvalue weighted by molar-refractivity contribution is 0.249. The molecule has 0 amide bonds. The number of benzene rings is 2. The van der Waals surface area contributed by atoms with Gasteiger partial charge >= 0.3 is 0 Å². The van der Waals surface area contributed by atoms with Crippen LogP contribution in [0.3, 0.4) is 0 Å². The summed E-state index contributed by atoms with van der Waals surface area (Å²) in [6, 6.07) is 13.7. The van der Waals surface area contributed by atoms with Crippen molar-refractivity contribution in [1.29, 1.82) is 0 Å². The second-order valence-electron chi connectivity index (χ2n) is 7.32. The minimum absolute atomic E-state index is 0.296. The third-order valence-corrected chi connectivity index (χ3v) is 5.31. The standard InChI is InChI=1S/C22H19F2N5O/c23-17-10-16(11-18(24)12-17)20-19-21(25-14-26-22(19)30-27-20)29-8-6-28(7-9-29)13-15-4-2-1-3-5-15/h1-5,10-12,14H,6-9,13H2. The molecule has 6 nitrogen and oxygen atoms in total. The Balaban J connectivity index is 1.42. The molecule has 2 aromatic carbocycles. The second kappa shape index (κ2) is 7.79. The van der Waals surface area contributed by atoms with Crippen molar-refractivity contribution in [2.24, 2.45) is 0 Å². The highest BCUT2D eigenvalue weighted by Crippen LogP contribution is 2.34. The maximum Gasteiger partial charge on any atom is 0.263 e. The maximum absolute atomic E-state index is 13.8. The van der Waals surface area contributed by atoms with Gasteiger partial charge < -0.3 is 9.42 Å². The first-order valence-electron chi connectivity index (χ1n) is 9.75. The van der Waals surface area contributed by atoms with Gasteiger partial charge in [0.2, 0.25) is 0 Å². The quantitative estimate of drug-likeness (QED) is 0.512. The largest absolute Gasteiger partial charge is 0.353 e. The molecule has 0 saturated carbocycles. The minimum Gasteiger partial charge on any atom is -0.353 e. The predicted molar refractivity (Wildman–Crippen MR) is 109 cm³/mol. The number of anilines is 1. The van der Waals surface area contributed by atoms with Crippen molar-refractivity contribution in [2.45, 2.75) is 6.54 Å². The van der Waals surface area contributed by atoms with Gasteiger partial charge in [-0.3, -0.25) is 4.90 Å². The van der Waals surface area contributed by atoms with Crippen LogP contribution in [0, 0.1) is 11.6 Å². The molecule has 1 aliphatic rings. The normalized spacial score (nSPS) is 15.1. The zero-order chi connectivity index (χ0) is 20.5. The Morgan fingerprint density at radius 3 is 2.37 bits per heavy atom. The van der Waals surface area contributed by atoms with Crippen molar-refractivity contribution in [3.63, 3.8) is 0 Å². The van der Waals surface area contributed by atoms with Crippen molar-refractivity contribution >= 4 is 16.9 Å². The van der Waals surface area contributed by atoms with E-state index >= 15 is 0 Å². The van der Waals surface area contributed by atoms with Gasteiger partial charge in [-0.2, -0.15) is 4.98 Å². The fraction of sp³-hybridized carbons (Fsp3) is 0.227. The summed E-state index contributed by atoms with van der Waals surface area (Å²) in [5, 5.41) is 4.59. The molecule has 0 N–H and O–H groups in total. The molecule has 0 aliphatic carbocycles. The average Bonchev–Trinajstić information content (AvgIpc) is 3.19. The number of piperazine rings is 1. The van der Waals surface area contributed by atoms with Crippen molar-refractivity contribution in [3.8, 4) is 11.3 Å². The zero-order valence-electron chi connectivity index (χ0n) is 16.1. The van der Waals surface area contributed by atoms with Crippen molar-refractivity contribution in [2.75, 3.05) is 31.1 Å². The van der Waals surface area contributed by atoms with Crippen molar-refractivity contribution in [3.05, 3.63) is 72.1 Å². The van der Waals surface area contributed by atoms with E-state index < -0.39 is 11.6 Å². The number of aromatic nitrogens is 3. The summed E-state index contributed by atoms with van der Waals surface area (Å²) in [6.07, 6.45) is 1.43. The van der Waals surface area contributed by atoms with Crippen LogP contribution in [-0.2, 0) is 6.54 Å². The summed E-state index contributed by atoms with van der Waals surface area (Å²) in [6.45, 7) is 4.17. The summed E-state index contributed by atoms with van der Waals surface area (Å²) in [5.41, 5.74) is 2.21. The molecule has 0 atom stereocenters. The molecule has 5 rings (SSSR count). The lowest BCUT2D eigenvalue weighted by atomic mass is 10.1. The van der Waals surface area contributed by atoms with Crippen LogP contribution < -0.4 is 4.90 Å². The van der Waals surface area contributed by atoms with Gasteiger partial charge in [0.25, 0.3) is 5.71 Å². The summed E-state index contributed by atoms with van der Waals surface area (Å²) in [5.74, 6) is -0.677. The topological polar surface area (TPSA) is 58.3 Å². The minimum atomic E-state index is -0.672. The Kier molecular flexibility index (Phi) is 4.84. The first-order chi connectivity index (χ1) is 14.7. The van der Waals surface area contributed by atoms with Crippen LogP contribution in [0.5, 0.6) is 0 Å². The van der Waals surface area contributed by atoms with E-state index in [-0.39, 0.29) is 0 Å². The molecule has 4 aromatic rings. The third kappa shape index (κ3) is 3.61. The Hall–Kier alpha value is -3.39. The summed E-state index contributed by atoms with van der Waals surface area (Å²) >= 11 is 0. The van der Waals surface area contributed by atoms with Crippen molar-refractivity contribution in [1.82, 2.24) is 20.0 Å². The first kappa shape index (κ1) is 18.6. The molecule has 30 heavy (non-hydrogen) atoms. The van der Waals surface area contributed by atoms with Gasteiger partial charge in [0.05, 0.1) is 0 Å². The van der Waals surface area contributed by atoms with Crippen molar-refractivity contribution < 1.29 is 13.3 Å². The summed E-state index contributed by atoms with van der Waals surface area (Å²) in [7, 11) is 0. The molecule has 2 aromatic heterocycles. The summed E-state index contributed by atoms with van der Waals surface area (Å²) < 4.78 is 32.8. The van der Waals surface area contributed by atoms with Gasteiger partial charge in [0.15, 0.2) is 0 Å². The molecule has 0 radical (unpaired) electrons. The lowest BCUT2D eigenvalue weighted by Gasteiger charge is -2.35. The molecular weight excluding hydrogens is 388 g/mol. The molecule has 8 heteroatoms. The highest BCUT2D eigenvalue weighted by atomic mass is 19.1. The number of fused-ring (bicyclic) bond motifs is 1. The van der Waals surface area contributed by atoms with Gasteiger partial charge in [-0.05, 0) is 17.7 Å². The Morgan fingerprint density at radius 2 is 1.63 bits per heavy atom. The highest BCUT2D eigenvalue weighted by molar-refractivity contribution is 5.97. The number of rotatable bonds is 4. The number of halogens is 2. The Bertz CT molecular complexity index is 1150. The van der Waals surface area contributed by atoms with E-state index in [0.29, 0.717) is 28.2 Å². The smallest absolute Gasteiger partial charge is 0.263 e. The molecular formula is C22H19F2N5O. The van der Waals surface area contributed by atoms with Gasteiger partial charge in [0, 0.05) is 44.4 Å². The van der Waals surface area contributed by atoms with Crippen LogP contribution in [0.2, 0.25) is 0 Å². The van der Waals surface area contributed by atoms with E-state index in [4.69, 9.17) is 4.52 Å². The maximum atomic E-state index is 13.8. The second-order valence-corrected chi connectivity index (χ2v) is 7.32. The molecule has 0 unspecified atom stereocenters. The first-order valence-corrected chi connectivity index (χ1v) is 9.75. The molecule has 1 aliphatic heterocycles. The molecule has 0 spiro atoms. The Labute approximate surface area is 171 Å². The van der Waals surface area contributed by atoms with Gasteiger partial charge in [-0.1, -0.05) is 35.5 Å². The van der Waals surface area contributed by atoms with E-state index in [2.05, 4.69) is 37.1 Å². The lowest BCUT2D eigenvalue weighted by Crippen LogP contribution is -2.46. The molecule has 1 saturated heterocycles. The van der Waals surface area contributed by atoms with Gasteiger partial charge in [-0.15, -0.1) is 0 Å². The average molecular weight is 407 g/mol. The van der Waals surface area contributed by atoms with E-state index in [9.17, 15) is 8.78 Å². The van der Waals surface area contributed by atoms with Crippen LogP contribution in [0.1, 0.15) is 5.56 Å². The highest BCUT2D eigenvalue weighted by Gasteiger charge is 2.24. The van der Waals surface area contributed by atoms with Crippen LogP contribution in [0.15, 0.2) is 59.4 Å². The van der Waals surface area contributed by atoms with Crippen LogP contribution in [0.25, 0.3) is 22.4 Å². The SMILES string of the molecule is Fc1cc(F)cc(-c2noc3ncnc(N4CCN(Cc5ccccc5)CC4)c23)c1. The fourth-order valence-electron chi connectivity index (χ4n) is 3.86. The predicted octanol–water partition coefficient (Wildman–Crippen LogP) is 3.89. The number of nitrogens with zero attached hydrogens (tertiary/aromatic N) is 5. The van der Waals surface area contributed by atoms with Crippen LogP contribution in [0.4, 0.5) is 14.6 Å². The van der Waals surface area contributed by atoms with E-state index in [1.54, 1.807) is 0 Å². The fourth-order valence-corrected chi connectivity index (χ4v) is 3.86. The Morgan fingerprint density at radius 1 is 0.900 bits per heavy atom. The van der Waals surface area contributed by atoms with Crippen LogP contribution >= 0.6 is 0 Å². The number of hydrogen-bond donors (Lipinski definition) is 0. The van der Waals surface area contributed by atoms with E-state index in [0.717, 1.165) is 38.8 Å². The number of hydrogen-bond acceptors (Lipinski definition) is 6. The van der Waals surface area contributed by atoms with Gasteiger partial charge in [-0.25, -0.2) is 13.8 Å². The van der Waals surface area contributed by atoms with E-state index in [1.807, 2.05) is 18.2 Å². The van der Waals surface area contributed by atoms with Gasteiger partial charge in [0.1, 0.15) is 34.9 Å². The molecule has 152 valence electrons. The molecule has 3 heterocycles. The summed E-state index contributed by atoms with van der Waals surface area (Å²) in [4.78, 5) is 13.1.